The molecule has 0 radical (unpaired) electrons. The van der Waals surface area contributed by atoms with Crippen LogP contribution in [-0.4, -0.2) is 25.2 Å². The largest absolute Gasteiger partial charge is 0.383 e. The lowest BCUT2D eigenvalue weighted by Gasteiger charge is -2.17. The number of carbonyl (C=O) groups is 1. The van der Waals surface area contributed by atoms with Gasteiger partial charge in [-0.2, -0.15) is 0 Å². The Labute approximate surface area is 114 Å². The van der Waals surface area contributed by atoms with Crippen molar-refractivity contribution in [3.63, 3.8) is 0 Å². The first kappa shape index (κ1) is 12.3. The normalized spacial score (nSPS) is 20.3. The summed E-state index contributed by atoms with van der Waals surface area (Å²) in [5.74, 6) is 0.940. The molecular weight excluding hydrogens is 238 g/mol. The third kappa shape index (κ3) is 3.00. The molecule has 2 aliphatic rings. The van der Waals surface area contributed by atoms with Gasteiger partial charge < -0.3 is 10.6 Å². The van der Waals surface area contributed by atoms with Gasteiger partial charge in [0, 0.05) is 30.5 Å². The zero-order chi connectivity index (χ0) is 13.2. The number of carbonyl (C=O) groups excluding carboxylic acids is 1. The van der Waals surface area contributed by atoms with E-state index in [9.17, 15) is 4.79 Å². The van der Waals surface area contributed by atoms with Crippen LogP contribution >= 0.6 is 0 Å². The number of benzene rings is 1. The molecule has 4 heteroatoms. The molecule has 102 valence electrons. The van der Waals surface area contributed by atoms with Gasteiger partial charge in [-0.15, -0.1) is 0 Å². The van der Waals surface area contributed by atoms with Crippen molar-refractivity contribution in [3.8, 4) is 0 Å². The Morgan fingerprint density at radius 3 is 2.68 bits per heavy atom. The first-order valence-corrected chi connectivity index (χ1v) is 7.14. The minimum atomic E-state index is 0.00260. The number of anilines is 2. The Kier molecular flexibility index (Phi) is 3.32. The Bertz CT molecular complexity index is 453. The summed E-state index contributed by atoms with van der Waals surface area (Å²) < 4.78 is 0. The van der Waals surface area contributed by atoms with E-state index in [2.05, 4.69) is 29.7 Å². The maximum atomic E-state index is 11.6. The zero-order valence-electron chi connectivity index (χ0n) is 11.4. The molecule has 1 aromatic rings. The van der Waals surface area contributed by atoms with Gasteiger partial charge in [-0.1, -0.05) is 12.8 Å². The molecule has 0 aromatic heterocycles. The van der Waals surface area contributed by atoms with Crippen molar-refractivity contribution in [1.82, 2.24) is 5.32 Å². The van der Waals surface area contributed by atoms with E-state index in [4.69, 9.17) is 0 Å². The Morgan fingerprint density at radius 1 is 1.37 bits per heavy atom. The second-order valence-corrected chi connectivity index (χ2v) is 5.65. The van der Waals surface area contributed by atoms with Crippen LogP contribution < -0.4 is 15.5 Å². The Balaban J connectivity index is 1.59. The van der Waals surface area contributed by atoms with E-state index in [1.807, 2.05) is 12.1 Å². The van der Waals surface area contributed by atoms with Crippen LogP contribution in [0.3, 0.4) is 0 Å². The van der Waals surface area contributed by atoms with E-state index >= 15 is 0 Å². The molecule has 1 aliphatic carbocycles. The maximum absolute atomic E-state index is 11.6. The van der Waals surface area contributed by atoms with Gasteiger partial charge in [0.05, 0.1) is 0 Å². The van der Waals surface area contributed by atoms with Crippen molar-refractivity contribution in [2.75, 3.05) is 23.3 Å². The molecule has 0 unspecified atom stereocenters. The second kappa shape index (κ2) is 5.11. The third-order valence-electron chi connectivity index (χ3n) is 3.83. The highest BCUT2D eigenvalue weighted by Gasteiger charge is 2.23. The Morgan fingerprint density at radius 2 is 2.11 bits per heavy atom. The summed E-state index contributed by atoms with van der Waals surface area (Å²) in [5.41, 5.74) is 2.10. The molecule has 0 bridgehead atoms. The third-order valence-corrected chi connectivity index (χ3v) is 3.83. The lowest BCUT2D eigenvalue weighted by atomic mass is 10.1. The summed E-state index contributed by atoms with van der Waals surface area (Å²) in [6, 6.07) is 8.67. The highest BCUT2D eigenvalue weighted by molar-refractivity contribution is 5.94. The van der Waals surface area contributed by atoms with Gasteiger partial charge in [0.1, 0.15) is 0 Å². The maximum Gasteiger partial charge on any atom is 0.321 e. The molecule has 1 saturated carbocycles. The summed E-state index contributed by atoms with van der Waals surface area (Å²) in [4.78, 5) is 13.3. The van der Waals surface area contributed by atoms with Gasteiger partial charge in [-0.3, -0.25) is 4.90 Å². The number of hydrogen-bond acceptors (Lipinski definition) is 2. The van der Waals surface area contributed by atoms with Crippen LogP contribution in [-0.2, 0) is 0 Å². The van der Waals surface area contributed by atoms with Gasteiger partial charge in [0.2, 0.25) is 0 Å². The van der Waals surface area contributed by atoms with Crippen molar-refractivity contribution >= 4 is 17.4 Å². The van der Waals surface area contributed by atoms with Gasteiger partial charge in [-0.05, 0) is 43.5 Å². The highest BCUT2D eigenvalue weighted by Crippen LogP contribution is 2.34. The SMILES string of the molecule is C[C@H](CC1CC1)Nc1ccc(N2CCNC2=O)cc1. The lowest BCUT2D eigenvalue weighted by molar-refractivity contribution is 0.252. The van der Waals surface area contributed by atoms with Crippen molar-refractivity contribution in [2.24, 2.45) is 5.92 Å². The number of amides is 2. The van der Waals surface area contributed by atoms with Crippen LogP contribution in [0.15, 0.2) is 24.3 Å². The number of hydrogen-bond donors (Lipinski definition) is 2. The first-order valence-electron chi connectivity index (χ1n) is 7.14. The van der Waals surface area contributed by atoms with Gasteiger partial charge >= 0.3 is 6.03 Å². The fourth-order valence-corrected chi connectivity index (χ4v) is 2.65. The Hall–Kier alpha value is -1.71. The highest BCUT2D eigenvalue weighted by atomic mass is 16.2. The van der Waals surface area contributed by atoms with Crippen molar-refractivity contribution < 1.29 is 4.79 Å². The van der Waals surface area contributed by atoms with E-state index in [1.165, 1.54) is 19.3 Å². The van der Waals surface area contributed by atoms with E-state index in [0.29, 0.717) is 6.04 Å². The topological polar surface area (TPSA) is 44.4 Å². The predicted octanol–water partition coefficient (Wildman–Crippen LogP) is 2.82. The van der Waals surface area contributed by atoms with Gasteiger partial charge in [0.25, 0.3) is 0 Å². The average molecular weight is 259 g/mol. The minimum absolute atomic E-state index is 0.00260. The van der Waals surface area contributed by atoms with Crippen LogP contribution in [0, 0.1) is 5.92 Å². The second-order valence-electron chi connectivity index (χ2n) is 5.65. The molecule has 4 nitrogen and oxygen atoms in total. The summed E-state index contributed by atoms with van der Waals surface area (Å²) in [6.45, 7) is 3.72. The molecule has 1 aromatic carbocycles. The molecule has 1 saturated heterocycles. The summed E-state index contributed by atoms with van der Waals surface area (Å²) in [6.07, 6.45) is 4.06. The van der Waals surface area contributed by atoms with Crippen LogP contribution in [0.1, 0.15) is 26.2 Å². The molecule has 2 N–H and O–H groups in total. The first-order chi connectivity index (χ1) is 9.22. The molecule has 2 amide bonds. The van der Waals surface area contributed by atoms with E-state index in [0.717, 1.165) is 30.4 Å². The minimum Gasteiger partial charge on any atom is -0.383 e. The predicted molar refractivity (Wildman–Crippen MR) is 77.6 cm³/mol. The quantitative estimate of drug-likeness (QED) is 0.854. The van der Waals surface area contributed by atoms with Crippen LogP contribution in [0.25, 0.3) is 0 Å². The molecule has 2 fully saturated rings. The molecule has 1 aliphatic heterocycles. The standard InChI is InChI=1S/C15H21N3O/c1-11(10-12-2-3-12)17-13-4-6-14(7-5-13)18-9-8-16-15(18)19/h4-7,11-12,17H,2-3,8-10H2,1H3,(H,16,19)/t11-/m1/s1. The van der Waals surface area contributed by atoms with Gasteiger partial charge in [0.15, 0.2) is 0 Å². The number of nitrogens with zero attached hydrogens (tertiary/aromatic N) is 1. The van der Waals surface area contributed by atoms with Crippen LogP contribution in [0.4, 0.5) is 16.2 Å². The average Bonchev–Trinajstić information content (AvgIpc) is 3.10. The number of rotatable bonds is 5. The number of urea groups is 1. The smallest absolute Gasteiger partial charge is 0.321 e. The molecule has 1 atom stereocenters. The van der Waals surface area contributed by atoms with Crippen LogP contribution in [0.5, 0.6) is 0 Å². The fourth-order valence-electron chi connectivity index (χ4n) is 2.65. The fraction of sp³-hybridized carbons (Fsp3) is 0.533. The summed E-state index contributed by atoms with van der Waals surface area (Å²) in [7, 11) is 0. The van der Waals surface area contributed by atoms with Crippen molar-refractivity contribution in [1.29, 1.82) is 0 Å². The summed E-state index contributed by atoms with van der Waals surface area (Å²) >= 11 is 0. The molecule has 3 rings (SSSR count). The number of nitrogens with one attached hydrogen (secondary N) is 2. The molecule has 1 heterocycles. The van der Waals surface area contributed by atoms with E-state index in [-0.39, 0.29) is 6.03 Å². The lowest BCUT2D eigenvalue weighted by Crippen LogP contribution is -2.27. The zero-order valence-corrected chi connectivity index (χ0v) is 11.4. The monoisotopic (exact) mass is 259 g/mol. The van der Waals surface area contributed by atoms with E-state index < -0.39 is 0 Å². The molecule has 19 heavy (non-hydrogen) atoms. The van der Waals surface area contributed by atoms with Crippen molar-refractivity contribution in [2.45, 2.75) is 32.2 Å². The summed E-state index contributed by atoms with van der Waals surface area (Å²) in [5, 5.41) is 6.34. The van der Waals surface area contributed by atoms with Crippen molar-refractivity contribution in [3.05, 3.63) is 24.3 Å². The molecular formula is C15H21N3O. The van der Waals surface area contributed by atoms with E-state index in [1.54, 1.807) is 4.90 Å². The molecule has 0 spiro atoms. The van der Waals surface area contributed by atoms with Crippen LogP contribution in [0.2, 0.25) is 0 Å². The van der Waals surface area contributed by atoms with Gasteiger partial charge in [-0.25, -0.2) is 4.79 Å².